The molecule has 2 rings (SSSR count). The van der Waals surface area contributed by atoms with Crippen LogP contribution in [0.3, 0.4) is 0 Å². The van der Waals surface area contributed by atoms with E-state index in [4.69, 9.17) is 0 Å². The maximum absolute atomic E-state index is 11.4. The molecule has 1 N–H and O–H groups in total. The average Bonchev–Trinajstić information content (AvgIpc) is 2.25. The van der Waals surface area contributed by atoms with Crippen molar-refractivity contribution in [3.05, 3.63) is 21.6 Å². The molecule has 0 saturated heterocycles. The molecular formula is C7H10N2O3S. The van der Waals surface area contributed by atoms with Crippen LogP contribution in [0, 0.1) is 0 Å². The van der Waals surface area contributed by atoms with Crippen LogP contribution in [0.5, 0.6) is 0 Å². The summed E-state index contributed by atoms with van der Waals surface area (Å²) in [7, 11) is -1.39. The maximum atomic E-state index is 11.4. The van der Waals surface area contributed by atoms with E-state index in [1.165, 1.54) is 4.68 Å². The molecular weight excluding hydrogens is 192 g/mol. The second kappa shape index (κ2) is 2.47. The van der Waals surface area contributed by atoms with Gasteiger partial charge in [0.1, 0.15) is 0 Å². The molecule has 0 radical (unpaired) electrons. The number of rotatable bonds is 0. The maximum Gasteiger partial charge on any atom is 0.269 e. The Hall–Kier alpha value is -1.04. The summed E-state index contributed by atoms with van der Waals surface area (Å²) in [5.41, 5.74) is 1.07. The fourth-order valence-corrected chi connectivity index (χ4v) is 2.92. The first-order chi connectivity index (χ1) is 5.99. The van der Waals surface area contributed by atoms with Gasteiger partial charge >= 0.3 is 0 Å². The van der Waals surface area contributed by atoms with E-state index in [2.05, 4.69) is 5.10 Å². The third kappa shape index (κ3) is 1.31. The van der Waals surface area contributed by atoms with Crippen LogP contribution >= 0.6 is 0 Å². The van der Waals surface area contributed by atoms with Gasteiger partial charge in [-0.25, -0.2) is 8.42 Å². The van der Waals surface area contributed by atoms with Crippen molar-refractivity contribution in [3.63, 3.8) is 0 Å². The van der Waals surface area contributed by atoms with Gasteiger partial charge in [-0.05, 0) is 6.42 Å². The van der Waals surface area contributed by atoms with Gasteiger partial charge in [-0.3, -0.25) is 14.6 Å². The number of H-pyrrole nitrogens is 1. The Labute approximate surface area is 75.3 Å². The van der Waals surface area contributed by atoms with E-state index in [-0.39, 0.29) is 17.1 Å². The van der Waals surface area contributed by atoms with Crippen molar-refractivity contribution >= 4 is 9.84 Å². The van der Waals surface area contributed by atoms with Crippen LogP contribution in [-0.2, 0) is 29.1 Å². The third-order valence-electron chi connectivity index (χ3n) is 2.26. The second-order valence-corrected chi connectivity index (χ2v) is 5.46. The lowest BCUT2D eigenvalue weighted by molar-refractivity contribution is 0.590. The Balaban J connectivity index is 2.61. The van der Waals surface area contributed by atoms with Crippen LogP contribution < -0.4 is 5.56 Å². The molecule has 0 fully saturated rings. The number of aromatic amines is 1. The first-order valence-electron chi connectivity index (χ1n) is 3.97. The molecule has 1 aliphatic heterocycles. The number of hydrogen-bond donors (Lipinski definition) is 1. The van der Waals surface area contributed by atoms with Crippen molar-refractivity contribution in [2.75, 3.05) is 5.75 Å². The standard InChI is InChI=1S/C7H10N2O3S/c1-9-7(10)5-2-3-13(11,12)4-6(5)8-9/h8H,2-4H2,1H3. The van der Waals surface area contributed by atoms with Gasteiger partial charge in [0.15, 0.2) is 9.84 Å². The van der Waals surface area contributed by atoms with E-state index in [9.17, 15) is 13.2 Å². The quantitative estimate of drug-likeness (QED) is 0.597. The molecule has 0 saturated carbocycles. The lowest BCUT2D eigenvalue weighted by Crippen LogP contribution is -2.22. The third-order valence-corrected chi connectivity index (χ3v) is 3.81. The van der Waals surface area contributed by atoms with E-state index >= 15 is 0 Å². The molecule has 6 heteroatoms. The zero-order valence-electron chi connectivity index (χ0n) is 7.20. The van der Waals surface area contributed by atoms with Crippen molar-refractivity contribution in [2.24, 2.45) is 7.05 Å². The number of sulfone groups is 1. The van der Waals surface area contributed by atoms with E-state index in [1.807, 2.05) is 0 Å². The number of aromatic nitrogens is 2. The molecule has 1 aromatic rings. The number of hydrogen-bond acceptors (Lipinski definition) is 3. The molecule has 0 atom stereocenters. The zero-order chi connectivity index (χ0) is 9.64. The molecule has 5 nitrogen and oxygen atoms in total. The molecule has 2 heterocycles. The van der Waals surface area contributed by atoms with Crippen molar-refractivity contribution in [1.29, 1.82) is 0 Å². The second-order valence-electron chi connectivity index (χ2n) is 3.28. The minimum absolute atomic E-state index is 0.0294. The van der Waals surface area contributed by atoms with E-state index in [0.717, 1.165) is 0 Å². The average molecular weight is 202 g/mol. The van der Waals surface area contributed by atoms with Crippen molar-refractivity contribution in [1.82, 2.24) is 9.78 Å². The summed E-state index contributed by atoms with van der Waals surface area (Å²) in [5.74, 6) is 0.0610. The first kappa shape index (κ1) is 8.55. The lowest BCUT2D eigenvalue weighted by atomic mass is 10.2. The predicted molar refractivity (Wildman–Crippen MR) is 47.2 cm³/mol. The highest BCUT2D eigenvalue weighted by atomic mass is 32.2. The Morgan fingerprint density at radius 1 is 1.46 bits per heavy atom. The molecule has 0 amide bonds. The Morgan fingerprint density at radius 3 is 2.85 bits per heavy atom. The normalized spacial score (nSPS) is 19.8. The van der Waals surface area contributed by atoms with Gasteiger partial charge in [0, 0.05) is 12.6 Å². The summed E-state index contributed by atoms with van der Waals surface area (Å²) in [4.78, 5) is 11.4. The van der Waals surface area contributed by atoms with Crippen LogP contribution in [0.1, 0.15) is 11.3 Å². The minimum Gasteiger partial charge on any atom is -0.299 e. The number of fused-ring (bicyclic) bond motifs is 1. The Morgan fingerprint density at radius 2 is 2.15 bits per heavy atom. The SMILES string of the molecule is Cn1[nH]c2c(c1=O)CCS(=O)(=O)C2. The van der Waals surface area contributed by atoms with Crippen LogP contribution in [0.4, 0.5) is 0 Å². The van der Waals surface area contributed by atoms with Crippen molar-refractivity contribution in [2.45, 2.75) is 12.2 Å². The van der Waals surface area contributed by atoms with Gasteiger partial charge < -0.3 is 0 Å². The highest BCUT2D eigenvalue weighted by Crippen LogP contribution is 2.15. The van der Waals surface area contributed by atoms with E-state index in [1.54, 1.807) is 7.05 Å². The lowest BCUT2D eigenvalue weighted by Gasteiger charge is -2.09. The highest BCUT2D eigenvalue weighted by molar-refractivity contribution is 7.90. The molecule has 1 aliphatic rings. The van der Waals surface area contributed by atoms with Gasteiger partial charge in [0.05, 0.1) is 17.2 Å². The fourth-order valence-electron chi connectivity index (χ4n) is 1.58. The molecule has 13 heavy (non-hydrogen) atoms. The number of nitrogens with one attached hydrogen (secondary N) is 1. The van der Waals surface area contributed by atoms with E-state index in [0.29, 0.717) is 17.7 Å². The predicted octanol–water partition coefficient (Wildman–Crippen LogP) is -0.816. The van der Waals surface area contributed by atoms with Gasteiger partial charge in [0.25, 0.3) is 5.56 Å². The molecule has 0 aliphatic carbocycles. The van der Waals surface area contributed by atoms with Gasteiger partial charge in [-0.15, -0.1) is 0 Å². The first-order valence-corrected chi connectivity index (χ1v) is 5.79. The fraction of sp³-hybridized carbons (Fsp3) is 0.571. The summed E-state index contributed by atoms with van der Waals surface area (Å²) in [6, 6.07) is 0. The highest BCUT2D eigenvalue weighted by Gasteiger charge is 2.25. The smallest absolute Gasteiger partial charge is 0.269 e. The number of nitrogens with zero attached hydrogens (tertiary/aromatic N) is 1. The molecule has 72 valence electrons. The Bertz CT molecular complexity index is 494. The molecule has 0 bridgehead atoms. The minimum atomic E-state index is -2.98. The van der Waals surface area contributed by atoms with Gasteiger partial charge in [0.2, 0.25) is 0 Å². The summed E-state index contributed by atoms with van der Waals surface area (Å²) >= 11 is 0. The summed E-state index contributed by atoms with van der Waals surface area (Å²) in [6.07, 6.45) is 0.341. The molecule has 1 aromatic heterocycles. The van der Waals surface area contributed by atoms with E-state index < -0.39 is 9.84 Å². The van der Waals surface area contributed by atoms with Crippen molar-refractivity contribution in [3.8, 4) is 0 Å². The molecule has 0 unspecified atom stereocenters. The largest absolute Gasteiger partial charge is 0.299 e. The molecule has 0 aromatic carbocycles. The van der Waals surface area contributed by atoms with Crippen molar-refractivity contribution < 1.29 is 8.42 Å². The zero-order valence-corrected chi connectivity index (χ0v) is 8.02. The monoisotopic (exact) mass is 202 g/mol. The molecule has 0 spiro atoms. The summed E-state index contributed by atoms with van der Waals surface area (Å²) in [5, 5.41) is 2.75. The topological polar surface area (TPSA) is 71.9 Å². The van der Waals surface area contributed by atoms with Crippen LogP contribution in [-0.4, -0.2) is 24.0 Å². The van der Waals surface area contributed by atoms with Gasteiger partial charge in [-0.1, -0.05) is 0 Å². The number of aryl methyl sites for hydroxylation is 1. The van der Waals surface area contributed by atoms with Crippen LogP contribution in [0.15, 0.2) is 4.79 Å². The summed E-state index contributed by atoms with van der Waals surface area (Å²) in [6.45, 7) is 0. The van der Waals surface area contributed by atoms with Gasteiger partial charge in [-0.2, -0.15) is 0 Å². The summed E-state index contributed by atoms with van der Waals surface area (Å²) < 4.78 is 23.7. The van der Waals surface area contributed by atoms with Crippen LogP contribution in [0.2, 0.25) is 0 Å². The Kier molecular flexibility index (Phi) is 1.63. The van der Waals surface area contributed by atoms with Crippen LogP contribution in [0.25, 0.3) is 0 Å².